The van der Waals surface area contributed by atoms with Crippen LogP contribution in [0.15, 0.2) is 24.3 Å². The van der Waals surface area contributed by atoms with Gasteiger partial charge in [0.2, 0.25) is 0 Å². The molecule has 0 aliphatic carbocycles. The standard InChI is InChI=1S/C18H30N2O4.ClH/c1-4-5-10-19-11-15(21)13-23-17-9-7-6-8-16(17)20-18(22)24-12-14(2)3;/h6-9,14-15,19,21H,4-5,10-13H2,1-3H3,(H,20,22);1H. The number of para-hydroxylation sites is 2. The molecule has 0 saturated heterocycles. The summed E-state index contributed by atoms with van der Waals surface area (Å²) in [7, 11) is 0. The van der Waals surface area contributed by atoms with Crippen LogP contribution >= 0.6 is 12.4 Å². The molecule has 1 unspecified atom stereocenters. The largest absolute Gasteiger partial charge is 0.489 e. The molecule has 0 saturated carbocycles. The van der Waals surface area contributed by atoms with Crippen LogP contribution in [-0.2, 0) is 4.74 Å². The average molecular weight is 375 g/mol. The molecule has 0 radical (unpaired) electrons. The number of nitrogens with one attached hydrogen (secondary N) is 2. The number of carbonyl (C=O) groups excluding carboxylic acids is 1. The zero-order valence-electron chi connectivity index (χ0n) is 15.3. The molecule has 0 aliphatic rings. The van der Waals surface area contributed by atoms with Gasteiger partial charge in [0.1, 0.15) is 18.5 Å². The van der Waals surface area contributed by atoms with E-state index < -0.39 is 12.2 Å². The predicted octanol–water partition coefficient (Wildman–Crippen LogP) is 3.44. The normalized spacial score (nSPS) is 11.6. The van der Waals surface area contributed by atoms with E-state index in [1.165, 1.54) is 0 Å². The van der Waals surface area contributed by atoms with Crippen LogP contribution in [0.4, 0.5) is 10.5 Å². The van der Waals surface area contributed by atoms with Gasteiger partial charge in [-0.2, -0.15) is 0 Å². The number of benzene rings is 1. The molecule has 1 aromatic carbocycles. The molecule has 25 heavy (non-hydrogen) atoms. The van der Waals surface area contributed by atoms with Crippen molar-refractivity contribution in [3.05, 3.63) is 24.3 Å². The molecule has 6 nitrogen and oxygen atoms in total. The first-order valence-corrected chi connectivity index (χ1v) is 8.57. The second kappa shape index (κ2) is 13.8. The quantitative estimate of drug-likeness (QED) is 0.517. The van der Waals surface area contributed by atoms with Crippen molar-refractivity contribution in [3.63, 3.8) is 0 Å². The number of ether oxygens (including phenoxy) is 2. The van der Waals surface area contributed by atoms with Crippen LogP contribution in [0.2, 0.25) is 0 Å². The lowest BCUT2D eigenvalue weighted by Crippen LogP contribution is -2.32. The van der Waals surface area contributed by atoms with E-state index in [9.17, 15) is 9.90 Å². The van der Waals surface area contributed by atoms with Gasteiger partial charge in [-0.25, -0.2) is 4.79 Å². The second-order valence-corrected chi connectivity index (χ2v) is 6.14. The van der Waals surface area contributed by atoms with E-state index in [4.69, 9.17) is 9.47 Å². The van der Waals surface area contributed by atoms with Gasteiger partial charge in [-0.1, -0.05) is 39.3 Å². The first kappa shape index (κ1) is 23.5. The second-order valence-electron chi connectivity index (χ2n) is 6.14. The maximum atomic E-state index is 11.8. The van der Waals surface area contributed by atoms with E-state index in [0.717, 1.165) is 19.4 Å². The van der Waals surface area contributed by atoms with E-state index in [0.29, 0.717) is 24.6 Å². The summed E-state index contributed by atoms with van der Waals surface area (Å²) < 4.78 is 10.7. The number of aliphatic hydroxyl groups is 1. The first-order chi connectivity index (χ1) is 11.5. The fourth-order valence-corrected chi connectivity index (χ4v) is 1.90. The molecule has 1 amide bonds. The zero-order valence-corrected chi connectivity index (χ0v) is 16.1. The van der Waals surface area contributed by atoms with Gasteiger partial charge in [0.15, 0.2) is 0 Å². The highest BCUT2D eigenvalue weighted by molar-refractivity contribution is 5.86. The van der Waals surface area contributed by atoms with E-state index >= 15 is 0 Å². The summed E-state index contributed by atoms with van der Waals surface area (Å²) in [6.45, 7) is 7.94. The number of hydrogen-bond acceptors (Lipinski definition) is 5. The number of hydrogen-bond donors (Lipinski definition) is 3. The molecular weight excluding hydrogens is 344 g/mol. The van der Waals surface area contributed by atoms with Crippen molar-refractivity contribution >= 4 is 24.2 Å². The van der Waals surface area contributed by atoms with Gasteiger partial charge in [-0.3, -0.25) is 5.32 Å². The van der Waals surface area contributed by atoms with E-state index in [1.807, 2.05) is 19.9 Å². The molecule has 1 rings (SSSR count). The van der Waals surface area contributed by atoms with Crippen LogP contribution in [0.3, 0.4) is 0 Å². The van der Waals surface area contributed by atoms with Crippen LogP contribution in [-0.4, -0.2) is 43.6 Å². The number of carbonyl (C=O) groups is 1. The van der Waals surface area contributed by atoms with E-state index in [1.54, 1.807) is 18.2 Å². The van der Waals surface area contributed by atoms with Crippen LogP contribution in [0, 0.1) is 5.92 Å². The van der Waals surface area contributed by atoms with Crippen molar-refractivity contribution in [2.75, 3.05) is 31.6 Å². The Bertz CT molecular complexity index is 486. The molecule has 3 N–H and O–H groups in total. The van der Waals surface area contributed by atoms with Crippen molar-refractivity contribution in [2.45, 2.75) is 39.7 Å². The summed E-state index contributed by atoms with van der Waals surface area (Å²) in [5, 5.41) is 15.8. The minimum Gasteiger partial charge on any atom is -0.489 e. The molecule has 0 aromatic heterocycles. The summed E-state index contributed by atoms with van der Waals surface area (Å²) in [4.78, 5) is 11.8. The summed E-state index contributed by atoms with van der Waals surface area (Å²) in [5.74, 6) is 0.782. The predicted molar refractivity (Wildman–Crippen MR) is 103 cm³/mol. The highest BCUT2D eigenvalue weighted by atomic mass is 35.5. The van der Waals surface area contributed by atoms with Crippen LogP contribution < -0.4 is 15.4 Å². The Morgan fingerprint density at radius 2 is 1.96 bits per heavy atom. The number of unbranched alkanes of at least 4 members (excludes halogenated alkanes) is 1. The molecule has 1 atom stereocenters. The molecule has 0 fully saturated rings. The lowest BCUT2D eigenvalue weighted by molar-refractivity contribution is 0.107. The van der Waals surface area contributed by atoms with Crippen LogP contribution in [0.25, 0.3) is 0 Å². The molecule has 144 valence electrons. The highest BCUT2D eigenvalue weighted by Gasteiger charge is 2.11. The van der Waals surface area contributed by atoms with Gasteiger partial charge in [0, 0.05) is 6.54 Å². The lowest BCUT2D eigenvalue weighted by Gasteiger charge is -2.16. The van der Waals surface area contributed by atoms with Crippen molar-refractivity contribution in [1.82, 2.24) is 5.32 Å². The number of amides is 1. The molecule has 0 spiro atoms. The lowest BCUT2D eigenvalue weighted by atomic mass is 10.2. The van der Waals surface area contributed by atoms with Gasteiger partial charge in [-0.05, 0) is 31.0 Å². The number of halogens is 1. The van der Waals surface area contributed by atoms with Crippen LogP contribution in [0.1, 0.15) is 33.6 Å². The number of rotatable bonds is 11. The van der Waals surface area contributed by atoms with E-state index in [2.05, 4.69) is 17.6 Å². The topological polar surface area (TPSA) is 79.8 Å². The van der Waals surface area contributed by atoms with Gasteiger partial charge in [-0.15, -0.1) is 12.4 Å². The van der Waals surface area contributed by atoms with Gasteiger partial charge in [0.05, 0.1) is 12.3 Å². The summed E-state index contributed by atoms with van der Waals surface area (Å²) in [6, 6.07) is 7.09. The van der Waals surface area contributed by atoms with Gasteiger partial charge in [0.25, 0.3) is 0 Å². The molecular formula is C18H31ClN2O4. The molecule has 0 heterocycles. The molecule has 7 heteroatoms. The maximum absolute atomic E-state index is 11.8. The van der Waals surface area contributed by atoms with Gasteiger partial charge >= 0.3 is 6.09 Å². The molecule has 0 aliphatic heterocycles. The Labute approximate surface area is 156 Å². The third kappa shape index (κ3) is 10.9. The number of aliphatic hydroxyl groups excluding tert-OH is 1. The minimum absolute atomic E-state index is 0. The first-order valence-electron chi connectivity index (χ1n) is 8.57. The Hall–Kier alpha value is -1.50. The average Bonchev–Trinajstić information content (AvgIpc) is 2.56. The maximum Gasteiger partial charge on any atom is 0.411 e. The fourth-order valence-electron chi connectivity index (χ4n) is 1.90. The van der Waals surface area contributed by atoms with E-state index in [-0.39, 0.29) is 24.9 Å². The van der Waals surface area contributed by atoms with Gasteiger partial charge < -0.3 is 19.9 Å². The van der Waals surface area contributed by atoms with Crippen molar-refractivity contribution in [2.24, 2.45) is 5.92 Å². The Kier molecular flexibility index (Phi) is 12.9. The minimum atomic E-state index is -0.609. The smallest absolute Gasteiger partial charge is 0.411 e. The number of anilines is 1. The van der Waals surface area contributed by atoms with Crippen molar-refractivity contribution < 1.29 is 19.4 Å². The Balaban J connectivity index is 0.00000576. The summed E-state index contributed by atoms with van der Waals surface area (Å²) in [5.41, 5.74) is 0.525. The van der Waals surface area contributed by atoms with Crippen LogP contribution in [0.5, 0.6) is 5.75 Å². The van der Waals surface area contributed by atoms with Crippen molar-refractivity contribution in [3.8, 4) is 5.75 Å². The fraction of sp³-hybridized carbons (Fsp3) is 0.611. The third-order valence-corrected chi connectivity index (χ3v) is 3.19. The molecule has 0 bridgehead atoms. The Morgan fingerprint density at radius 1 is 1.24 bits per heavy atom. The monoisotopic (exact) mass is 374 g/mol. The van der Waals surface area contributed by atoms with Crippen molar-refractivity contribution in [1.29, 1.82) is 0 Å². The SMILES string of the molecule is CCCCNCC(O)COc1ccccc1NC(=O)OCC(C)C.Cl. The highest BCUT2D eigenvalue weighted by Crippen LogP contribution is 2.24. The zero-order chi connectivity index (χ0) is 17.8. The summed E-state index contributed by atoms with van der Waals surface area (Å²) >= 11 is 0. The Morgan fingerprint density at radius 3 is 2.64 bits per heavy atom. The summed E-state index contributed by atoms with van der Waals surface area (Å²) in [6.07, 6.45) is 1.08. The molecule has 1 aromatic rings. The third-order valence-electron chi connectivity index (χ3n) is 3.19.